The van der Waals surface area contributed by atoms with Crippen molar-refractivity contribution in [3.05, 3.63) is 23.3 Å². The lowest BCUT2D eigenvalue weighted by Gasteiger charge is -2.03. The number of unbranched alkanes of at least 4 members (excludes halogenated alkanes) is 34. The van der Waals surface area contributed by atoms with Gasteiger partial charge < -0.3 is 29.0 Å². The molecule has 0 unspecified atom stereocenters. The zero-order chi connectivity index (χ0) is 38.1. The normalized spacial score (nSPS) is 10.5. The number of hydrogen-bond donors (Lipinski definition) is 2. The van der Waals surface area contributed by atoms with Crippen LogP contribution in [0.1, 0.15) is 266 Å². The average Bonchev–Trinajstić information content (AvgIpc) is 3.10. The first-order chi connectivity index (χ1) is 25.0. The van der Waals surface area contributed by atoms with Crippen molar-refractivity contribution in [2.24, 2.45) is 0 Å². The third-order valence-corrected chi connectivity index (χ3v) is 10.0. The molecule has 0 amide bonds. The maximum Gasteiger partial charge on any atom is 0.0739 e. The van der Waals surface area contributed by atoms with E-state index in [1.54, 1.807) is 6.92 Å². The Morgan fingerprint density at radius 2 is 0.462 bits per heavy atom. The molecule has 0 aromatic rings. The van der Waals surface area contributed by atoms with E-state index in [-0.39, 0.29) is 19.0 Å². The first kappa shape index (κ1) is 58.4. The van der Waals surface area contributed by atoms with Crippen LogP contribution in [-0.4, -0.2) is 19.7 Å². The molecule has 0 aromatic heterocycles. The Bertz CT molecular complexity index is 588. The SMILES string of the molecule is CC(C)=CCCCCCCCCCCCCCCCCCCC[NH3+].CC(C)=CCCCCCCCCCCCCCCCCCCC[NH3+].CC[O-].[Cl-]. The van der Waals surface area contributed by atoms with E-state index in [1.165, 1.54) is 242 Å². The molecule has 3 nitrogen and oxygen atoms in total. The molecule has 316 valence electrons. The molecular weight excluding hydrogens is 656 g/mol. The van der Waals surface area contributed by atoms with Crippen molar-refractivity contribution in [2.75, 3.05) is 19.7 Å². The van der Waals surface area contributed by atoms with Crippen molar-refractivity contribution < 1.29 is 29.0 Å². The summed E-state index contributed by atoms with van der Waals surface area (Å²) >= 11 is 0. The van der Waals surface area contributed by atoms with Gasteiger partial charge in [-0.15, -0.1) is 6.61 Å². The van der Waals surface area contributed by atoms with Gasteiger partial charge >= 0.3 is 0 Å². The Morgan fingerprint density at radius 3 is 0.596 bits per heavy atom. The average molecular weight is 758 g/mol. The van der Waals surface area contributed by atoms with Crippen molar-refractivity contribution in [3.63, 3.8) is 0 Å². The molecule has 0 fully saturated rings. The fourth-order valence-corrected chi connectivity index (χ4v) is 6.73. The van der Waals surface area contributed by atoms with Gasteiger partial charge in [0.1, 0.15) is 0 Å². The molecule has 6 N–H and O–H groups in total. The molecule has 0 aromatic carbocycles. The lowest BCUT2D eigenvalue weighted by molar-refractivity contribution is -0.368. The van der Waals surface area contributed by atoms with Crippen LogP contribution < -0.4 is 29.0 Å². The summed E-state index contributed by atoms with van der Waals surface area (Å²) in [4.78, 5) is 0. The van der Waals surface area contributed by atoms with Crippen molar-refractivity contribution in [3.8, 4) is 0 Å². The quantitative estimate of drug-likeness (QED) is 0.0477. The molecule has 0 aliphatic heterocycles. The first-order valence-electron chi connectivity index (χ1n) is 23.4. The molecule has 0 saturated heterocycles. The monoisotopic (exact) mass is 757 g/mol. The van der Waals surface area contributed by atoms with Crippen LogP contribution in [0.15, 0.2) is 23.3 Å². The highest BCUT2D eigenvalue weighted by Gasteiger charge is 1.97. The summed E-state index contributed by atoms with van der Waals surface area (Å²) in [7, 11) is 0. The summed E-state index contributed by atoms with van der Waals surface area (Å²) in [6.07, 6.45) is 56.5. The lowest BCUT2D eigenvalue weighted by atomic mass is 10.0. The predicted molar refractivity (Wildman–Crippen MR) is 231 cm³/mol. The van der Waals surface area contributed by atoms with Gasteiger partial charge in [0.2, 0.25) is 0 Å². The second-order valence-corrected chi connectivity index (χ2v) is 16.2. The fraction of sp³-hybridized carbons (Fsp3) is 0.917. The second-order valence-electron chi connectivity index (χ2n) is 16.2. The molecule has 0 rings (SSSR count). The fourth-order valence-electron chi connectivity index (χ4n) is 6.73. The van der Waals surface area contributed by atoms with Crippen LogP contribution in [-0.2, 0) is 0 Å². The van der Waals surface area contributed by atoms with E-state index in [0.29, 0.717) is 0 Å². The van der Waals surface area contributed by atoms with Gasteiger partial charge in [-0.3, -0.25) is 0 Å². The summed E-state index contributed by atoms with van der Waals surface area (Å²) < 4.78 is 0. The lowest BCUT2D eigenvalue weighted by Crippen LogP contribution is -3.00. The first-order valence-corrected chi connectivity index (χ1v) is 23.4. The van der Waals surface area contributed by atoms with Crippen LogP contribution in [0, 0.1) is 0 Å². The Labute approximate surface area is 336 Å². The maximum absolute atomic E-state index is 8.93. The Morgan fingerprint density at radius 1 is 0.327 bits per heavy atom. The summed E-state index contributed by atoms with van der Waals surface area (Å²) in [5.74, 6) is 0. The van der Waals surface area contributed by atoms with Gasteiger partial charge in [0.25, 0.3) is 0 Å². The van der Waals surface area contributed by atoms with Crippen LogP contribution in [0.25, 0.3) is 0 Å². The summed E-state index contributed by atoms with van der Waals surface area (Å²) in [5, 5.41) is 8.93. The van der Waals surface area contributed by atoms with E-state index in [2.05, 4.69) is 51.3 Å². The standard InChI is InChI=1S/2C23H47N.C2H5O.ClH/c2*1-23(2)21-19-17-15-13-11-9-7-5-3-4-6-8-10-12-14-16-18-20-22-24;1-2-3;/h2*21H,3-20,22,24H2,1-2H3;2H2,1H3;1H/q;;-1;/p+1. The van der Waals surface area contributed by atoms with Gasteiger partial charge in [0, 0.05) is 0 Å². The molecule has 0 aliphatic rings. The number of rotatable bonds is 38. The minimum atomic E-state index is 0. The van der Waals surface area contributed by atoms with Crippen LogP contribution in [0.2, 0.25) is 0 Å². The van der Waals surface area contributed by atoms with Gasteiger partial charge in [-0.25, -0.2) is 0 Å². The number of hydrogen-bond acceptors (Lipinski definition) is 1. The molecule has 4 heteroatoms. The molecule has 0 spiro atoms. The summed E-state index contributed by atoms with van der Waals surface area (Å²) in [5.41, 5.74) is 10.8. The molecule has 0 saturated carbocycles. The minimum absolute atomic E-state index is 0. The van der Waals surface area contributed by atoms with E-state index >= 15 is 0 Å². The highest BCUT2D eigenvalue weighted by atomic mass is 35.5. The van der Waals surface area contributed by atoms with E-state index in [4.69, 9.17) is 5.11 Å². The van der Waals surface area contributed by atoms with Crippen LogP contribution in [0.5, 0.6) is 0 Å². The number of allylic oxidation sites excluding steroid dienone is 4. The van der Waals surface area contributed by atoms with Gasteiger partial charge in [-0.1, -0.05) is 210 Å². The minimum Gasteiger partial charge on any atom is -1.00 e. The van der Waals surface area contributed by atoms with Gasteiger partial charge in [0.05, 0.1) is 13.1 Å². The molecule has 0 atom stereocenters. The van der Waals surface area contributed by atoms with E-state index in [1.807, 2.05) is 0 Å². The van der Waals surface area contributed by atoms with Gasteiger partial charge in [0.15, 0.2) is 0 Å². The van der Waals surface area contributed by atoms with E-state index < -0.39 is 0 Å². The molecule has 52 heavy (non-hydrogen) atoms. The Kier molecular flexibility index (Phi) is 64.4. The molecular formula is C48H101ClN2O. The zero-order valence-corrected chi connectivity index (χ0v) is 37.7. The Hall–Kier alpha value is -0.350. The third kappa shape index (κ3) is 67.7. The zero-order valence-electron chi connectivity index (χ0n) is 36.9. The molecule has 0 bridgehead atoms. The highest BCUT2D eigenvalue weighted by molar-refractivity contribution is 4.93. The van der Waals surface area contributed by atoms with E-state index in [9.17, 15) is 0 Å². The molecule has 0 heterocycles. The molecule has 0 radical (unpaired) electrons. The largest absolute Gasteiger partial charge is 1.00 e. The van der Waals surface area contributed by atoms with Crippen molar-refractivity contribution in [1.29, 1.82) is 0 Å². The summed E-state index contributed by atoms with van der Waals surface area (Å²) in [6, 6.07) is 0. The topological polar surface area (TPSA) is 78.3 Å². The Balaban J connectivity index is -0.000000404. The smallest absolute Gasteiger partial charge is 0.0739 e. The number of quaternary nitrogens is 2. The predicted octanol–water partition coefficient (Wildman–Crippen LogP) is 10.8. The van der Waals surface area contributed by atoms with E-state index in [0.717, 1.165) is 13.1 Å². The molecule has 0 aliphatic carbocycles. The van der Waals surface area contributed by atoms with Crippen molar-refractivity contribution in [2.45, 2.75) is 266 Å². The van der Waals surface area contributed by atoms with Gasteiger partial charge in [-0.05, 0) is 79.1 Å². The van der Waals surface area contributed by atoms with Crippen LogP contribution in [0.3, 0.4) is 0 Å². The van der Waals surface area contributed by atoms with Crippen LogP contribution >= 0.6 is 0 Å². The highest BCUT2D eigenvalue weighted by Crippen LogP contribution is 2.16. The van der Waals surface area contributed by atoms with Gasteiger partial charge in [-0.2, -0.15) is 0 Å². The second kappa shape index (κ2) is 57.4. The number of halogens is 1. The third-order valence-electron chi connectivity index (χ3n) is 10.0. The summed E-state index contributed by atoms with van der Waals surface area (Å²) in [6.45, 7) is 12.6. The van der Waals surface area contributed by atoms with Crippen molar-refractivity contribution >= 4 is 0 Å². The van der Waals surface area contributed by atoms with Crippen LogP contribution in [0.4, 0.5) is 0 Å². The van der Waals surface area contributed by atoms with Crippen molar-refractivity contribution in [1.82, 2.24) is 0 Å². The maximum atomic E-state index is 8.93.